The molecule has 1 saturated heterocycles. The molecule has 4 nitrogen and oxygen atoms in total. The van der Waals surface area contributed by atoms with Crippen molar-refractivity contribution in [1.29, 1.82) is 5.26 Å². The van der Waals surface area contributed by atoms with Gasteiger partial charge in [-0.15, -0.1) is 0 Å². The van der Waals surface area contributed by atoms with Crippen molar-refractivity contribution in [3.8, 4) is 6.07 Å². The van der Waals surface area contributed by atoms with Crippen molar-refractivity contribution < 1.29 is 4.79 Å². The van der Waals surface area contributed by atoms with Crippen molar-refractivity contribution in [2.24, 2.45) is 11.3 Å². The molecule has 1 N–H and O–H groups in total. The summed E-state index contributed by atoms with van der Waals surface area (Å²) < 4.78 is 0. The van der Waals surface area contributed by atoms with E-state index < -0.39 is 0 Å². The quantitative estimate of drug-likeness (QED) is 0.892. The molecule has 1 aromatic carbocycles. The maximum absolute atomic E-state index is 12.6. The standard InChI is InChI=1S/C16H19N3O/c1-19(14-5-3-2-4-12(14)11-17)15(20)13-10-16(13)6-8-18-9-7-16/h2-5,13,18H,6-10H2,1H3. The van der Waals surface area contributed by atoms with E-state index in [-0.39, 0.29) is 17.2 Å². The second-order valence-electron chi connectivity index (χ2n) is 5.90. The summed E-state index contributed by atoms with van der Waals surface area (Å²) >= 11 is 0. The van der Waals surface area contributed by atoms with Gasteiger partial charge in [0.2, 0.25) is 5.91 Å². The van der Waals surface area contributed by atoms with Crippen LogP contribution in [0.2, 0.25) is 0 Å². The van der Waals surface area contributed by atoms with E-state index in [1.165, 1.54) is 0 Å². The molecule has 1 aromatic rings. The van der Waals surface area contributed by atoms with E-state index in [9.17, 15) is 4.79 Å². The summed E-state index contributed by atoms with van der Waals surface area (Å²) in [6, 6.07) is 9.45. The average molecular weight is 269 g/mol. The third-order valence-corrected chi connectivity index (χ3v) is 4.80. The molecule has 1 amide bonds. The molecule has 1 aliphatic heterocycles. The van der Waals surface area contributed by atoms with Crippen molar-refractivity contribution in [2.45, 2.75) is 19.3 Å². The van der Waals surface area contributed by atoms with Crippen LogP contribution in [0, 0.1) is 22.7 Å². The van der Waals surface area contributed by atoms with Gasteiger partial charge in [0.25, 0.3) is 0 Å². The molecule has 104 valence electrons. The molecule has 0 aromatic heterocycles. The predicted octanol–water partition coefficient (Wildman–Crippen LogP) is 1.91. The Bertz CT molecular complexity index is 569. The van der Waals surface area contributed by atoms with E-state index >= 15 is 0 Å². The highest BCUT2D eigenvalue weighted by molar-refractivity contribution is 5.98. The molecule has 0 bridgehead atoms. The molecule has 1 heterocycles. The lowest BCUT2D eigenvalue weighted by molar-refractivity contribution is -0.120. The van der Waals surface area contributed by atoms with Crippen molar-refractivity contribution in [3.05, 3.63) is 29.8 Å². The third kappa shape index (κ3) is 2.08. The Morgan fingerprint density at radius 2 is 2.10 bits per heavy atom. The Morgan fingerprint density at radius 3 is 2.80 bits per heavy atom. The molecule has 2 aliphatic rings. The molecular formula is C16H19N3O. The summed E-state index contributed by atoms with van der Waals surface area (Å²) in [5.74, 6) is 0.302. The van der Waals surface area contributed by atoms with Gasteiger partial charge >= 0.3 is 0 Å². The van der Waals surface area contributed by atoms with Gasteiger partial charge in [-0.3, -0.25) is 4.79 Å². The minimum atomic E-state index is 0.140. The number of hydrogen-bond donors (Lipinski definition) is 1. The summed E-state index contributed by atoms with van der Waals surface area (Å²) in [5.41, 5.74) is 1.51. The summed E-state index contributed by atoms with van der Waals surface area (Å²) in [6.45, 7) is 2.03. The van der Waals surface area contributed by atoms with Crippen LogP contribution < -0.4 is 10.2 Å². The van der Waals surface area contributed by atoms with Gasteiger partial charge in [-0.1, -0.05) is 12.1 Å². The van der Waals surface area contributed by atoms with Crippen LogP contribution in [0.5, 0.6) is 0 Å². The number of rotatable bonds is 2. The summed E-state index contributed by atoms with van der Waals surface area (Å²) in [4.78, 5) is 14.3. The van der Waals surface area contributed by atoms with Gasteiger partial charge in [-0.25, -0.2) is 0 Å². The second-order valence-corrected chi connectivity index (χ2v) is 5.90. The molecule has 20 heavy (non-hydrogen) atoms. The van der Waals surface area contributed by atoms with Crippen LogP contribution >= 0.6 is 0 Å². The number of nitrogens with zero attached hydrogens (tertiary/aromatic N) is 2. The number of piperidine rings is 1. The highest BCUT2D eigenvalue weighted by Crippen LogP contribution is 2.59. The van der Waals surface area contributed by atoms with Crippen LogP contribution in [0.15, 0.2) is 24.3 Å². The van der Waals surface area contributed by atoms with Crippen molar-refractivity contribution in [3.63, 3.8) is 0 Å². The molecule has 0 radical (unpaired) electrons. The number of nitrogens with one attached hydrogen (secondary N) is 1. The third-order valence-electron chi connectivity index (χ3n) is 4.80. The van der Waals surface area contributed by atoms with Gasteiger partial charge in [-0.05, 0) is 49.9 Å². The van der Waals surface area contributed by atoms with Crippen molar-refractivity contribution in [2.75, 3.05) is 25.0 Å². The fourth-order valence-corrected chi connectivity index (χ4v) is 3.39. The molecule has 1 unspecified atom stereocenters. The average Bonchev–Trinajstić information content (AvgIpc) is 3.19. The van der Waals surface area contributed by atoms with E-state index in [0.717, 1.165) is 38.0 Å². The number of hydrogen-bond acceptors (Lipinski definition) is 3. The topological polar surface area (TPSA) is 56.1 Å². The molecular weight excluding hydrogens is 250 g/mol. The van der Waals surface area contributed by atoms with E-state index in [1.54, 1.807) is 18.0 Å². The molecule has 3 rings (SSSR count). The minimum Gasteiger partial charge on any atom is -0.317 e. The first-order chi connectivity index (χ1) is 9.68. The van der Waals surface area contributed by atoms with E-state index in [0.29, 0.717) is 5.56 Å². The second kappa shape index (κ2) is 4.92. The first-order valence-corrected chi connectivity index (χ1v) is 7.15. The van der Waals surface area contributed by atoms with E-state index in [4.69, 9.17) is 5.26 Å². The van der Waals surface area contributed by atoms with Crippen molar-refractivity contribution in [1.82, 2.24) is 5.32 Å². The fraction of sp³-hybridized carbons (Fsp3) is 0.500. The minimum absolute atomic E-state index is 0.140. The lowest BCUT2D eigenvalue weighted by Gasteiger charge is -2.25. The Morgan fingerprint density at radius 1 is 1.40 bits per heavy atom. The zero-order valence-electron chi connectivity index (χ0n) is 11.7. The summed E-state index contributed by atoms with van der Waals surface area (Å²) in [5, 5.41) is 12.5. The van der Waals surface area contributed by atoms with E-state index in [2.05, 4.69) is 11.4 Å². The normalized spacial score (nSPS) is 23.1. The SMILES string of the molecule is CN(C(=O)C1CC12CCNCC2)c1ccccc1C#N. The Kier molecular flexibility index (Phi) is 3.23. The maximum Gasteiger partial charge on any atom is 0.230 e. The zero-order chi connectivity index (χ0) is 14.2. The lowest BCUT2D eigenvalue weighted by atomic mass is 9.91. The summed E-state index contributed by atoms with van der Waals surface area (Å²) in [6.07, 6.45) is 3.20. The van der Waals surface area contributed by atoms with Crippen LogP contribution in [-0.4, -0.2) is 26.0 Å². The van der Waals surface area contributed by atoms with Crippen molar-refractivity contribution >= 4 is 11.6 Å². The fourth-order valence-electron chi connectivity index (χ4n) is 3.39. The Hall–Kier alpha value is -1.86. The first kappa shape index (κ1) is 13.1. The number of benzene rings is 1. The maximum atomic E-state index is 12.6. The number of carbonyl (C=O) groups is 1. The predicted molar refractivity (Wildman–Crippen MR) is 77.2 cm³/mol. The number of amides is 1. The number of nitriles is 1. The van der Waals surface area contributed by atoms with Crippen LogP contribution in [0.25, 0.3) is 0 Å². The summed E-state index contributed by atoms with van der Waals surface area (Å²) in [7, 11) is 1.78. The largest absolute Gasteiger partial charge is 0.317 e. The highest BCUT2D eigenvalue weighted by atomic mass is 16.2. The van der Waals surface area contributed by atoms with E-state index in [1.807, 2.05) is 18.2 Å². The van der Waals surface area contributed by atoms with Crippen LogP contribution in [0.3, 0.4) is 0 Å². The van der Waals surface area contributed by atoms with Gasteiger partial charge in [0.15, 0.2) is 0 Å². The van der Waals surface area contributed by atoms with Gasteiger partial charge in [0, 0.05) is 13.0 Å². The van der Waals surface area contributed by atoms with Gasteiger partial charge in [0.1, 0.15) is 6.07 Å². The number of carbonyl (C=O) groups excluding carboxylic acids is 1. The number of anilines is 1. The molecule has 1 aliphatic carbocycles. The smallest absolute Gasteiger partial charge is 0.230 e. The van der Waals surface area contributed by atoms with Crippen LogP contribution in [0.1, 0.15) is 24.8 Å². The molecule has 1 atom stereocenters. The van der Waals surface area contributed by atoms with Gasteiger partial charge in [-0.2, -0.15) is 5.26 Å². The zero-order valence-corrected chi connectivity index (χ0v) is 11.7. The molecule has 1 saturated carbocycles. The molecule has 2 fully saturated rings. The Balaban J connectivity index is 1.77. The van der Waals surface area contributed by atoms with Gasteiger partial charge < -0.3 is 10.2 Å². The number of para-hydroxylation sites is 1. The van der Waals surface area contributed by atoms with Crippen LogP contribution in [-0.2, 0) is 4.79 Å². The highest BCUT2D eigenvalue weighted by Gasteiger charge is 2.58. The van der Waals surface area contributed by atoms with Gasteiger partial charge in [0.05, 0.1) is 11.3 Å². The Labute approximate surface area is 119 Å². The monoisotopic (exact) mass is 269 g/mol. The molecule has 1 spiro atoms. The first-order valence-electron chi connectivity index (χ1n) is 7.15. The molecule has 4 heteroatoms. The van der Waals surface area contributed by atoms with Crippen LogP contribution in [0.4, 0.5) is 5.69 Å². The lowest BCUT2D eigenvalue weighted by Crippen LogP contribution is -2.34.